The van der Waals surface area contributed by atoms with E-state index in [0.29, 0.717) is 13.0 Å². The molecule has 0 rings (SSSR count). The number of aliphatic carboxylic acids is 1. The number of carboxylic acids is 1. The van der Waals surface area contributed by atoms with Crippen molar-refractivity contribution in [1.82, 2.24) is 10.6 Å². The van der Waals surface area contributed by atoms with Crippen molar-refractivity contribution in [3.63, 3.8) is 0 Å². The first-order valence-corrected chi connectivity index (χ1v) is 5.76. The van der Waals surface area contributed by atoms with Crippen LogP contribution in [0.3, 0.4) is 0 Å². The lowest BCUT2D eigenvalue weighted by atomic mass is 10.1. The maximum Gasteiger partial charge on any atom is 0.326 e. The zero-order chi connectivity index (χ0) is 12.6. The fourth-order valence-corrected chi connectivity index (χ4v) is 1.31. The molecular formula is C11H22N2O3. The van der Waals surface area contributed by atoms with Crippen LogP contribution in [0.5, 0.6) is 0 Å². The van der Waals surface area contributed by atoms with Crippen LogP contribution in [0, 0.1) is 5.92 Å². The summed E-state index contributed by atoms with van der Waals surface area (Å²) in [6.07, 6.45) is 1.20. The predicted octanol–water partition coefficient (Wildman–Crippen LogP) is 0.601. The van der Waals surface area contributed by atoms with Crippen molar-refractivity contribution in [2.75, 3.05) is 13.1 Å². The number of hydrogen-bond acceptors (Lipinski definition) is 3. The Balaban J connectivity index is 4.12. The van der Waals surface area contributed by atoms with Crippen LogP contribution >= 0.6 is 0 Å². The predicted molar refractivity (Wildman–Crippen MR) is 62.2 cm³/mol. The Kier molecular flexibility index (Phi) is 7.54. The molecule has 0 aromatic heterocycles. The van der Waals surface area contributed by atoms with E-state index in [2.05, 4.69) is 10.6 Å². The van der Waals surface area contributed by atoms with Crippen LogP contribution in [-0.4, -0.2) is 36.1 Å². The van der Waals surface area contributed by atoms with E-state index >= 15 is 0 Å². The van der Waals surface area contributed by atoms with Crippen molar-refractivity contribution in [2.24, 2.45) is 5.92 Å². The normalized spacial score (nSPS) is 14.2. The molecule has 0 aliphatic rings. The minimum atomic E-state index is -0.967. The highest BCUT2D eigenvalue weighted by Gasteiger charge is 2.21. The third kappa shape index (κ3) is 5.70. The highest BCUT2D eigenvalue weighted by atomic mass is 16.4. The quantitative estimate of drug-likeness (QED) is 0.570. The Labute approximate surface area is 96.6 Å². The molecule has 0 heterocycles. The molecule has 16 heavy (non-hydrogen) atoms. The summed E-state index contributed by atoms with van der Waals surface area (Å²) >= 11 is 0. The molecule has 0 radical (unpaired) electrons. The summed E-state index contributed by atoms with van der Waals surface area (Å²) in [6.45, 7) is 7.00. The molecule has 5 heteroatoms. The highest BCUT2D eigenvalue weighted by molar-refractivity contribution is 5.84. The minimum absolute atomic E-state index is 0.207. The van der Waals surface area contributed by atoms with Crippen LogP contribution in [0.2, 0.25) is 0 Å². The van der Waals surface area contributed by atoms with E-state index in [9.17, 15) is 9.59 Å². The molecule has 0 aliphatic carbocycles. The van der Waals surface area contributed by atoms with Crippen LogP contribution in [0.15, 0.2) is 0 Å². The molecule has 0 saturated heterocycles. The zero-order valence-corrected chi connectivity index (χ0v) is 10.2. The first-order chi connectivity index (χ1) is 7.52. The minimum Gasteiger partial charge on any atom is -0.480 e. The fourth-order valence-electron chi connectivity index (χ4n) is 1.31. The van der Waals surface area contributed by atoms with Gasteiger partial charge in [0, 0.05) is 12.5 Å². The van der Waals surface area contributed by atoms with E-state index in [0.717, 1.165) is 13.0 Å². The van der Waals surface area contributed by atoms with E-state index in [1.54, 1.807) is 6.92 Å². The smallest absolute Gasteiger partial charge is 0.326 e. The summed E-state index contributed by atoms with van der Waals surface area (Å²) in [5.41, 5.74) is 0. The van der Waals surface area contributed by atoms with E-state index in [-0.39, 0.29) is 11.8 Å². The topological polar surface area (TPSA) is 78.4 Å². The second kappa shape index (κ2) is 8.10. The molecule has 0 aromatic carbocycles. The summed E-state index contributed by atoms with van der Waals surface area (Å²) in [7, 11) is 0. The largest absolute Gasteiger partial charge is 0.480 e. The third-order valence-corrected chi connectivity index (χ3v) is 2.34. The zero-order valence-electron chi connectivity index (χ0n) is 10.2. The van der Waals surface area contributed by atoms with Gasteiger partial charge in [-0.1, -0.05) is 27.2 Å². The Hall–Kier alpha value is -1.10. The molecule has 5 nitrogen and oxygen atoms in total. The first kappa shape index (κ1) is 14.9. The molecule has 0 fully saturated rings. The average Bonchev–Trinajstić information content (AvgIpc) is 2.24. The maximum absolute atomic E-state index is 11.6. The molecule has 1 amide bonds. The van der Waals surface area contributed by atoms with Crippen molar-refractivity contribution < 1.29 is 14.7 Å². The first-order valence-electron chi connectivity index (χ1n) is 5.76. The van der Waals surface area contributed by atoms with Crippen molar-refractivity contribution in [3.8, 4) is 0 Å². The van der Waals surface area contributed by atoms with Gasteiger partial charge in [0.15, 0.2) is 0 Å². The number of rotatable bonds is 8. The van der Waals surface area contributed by atoms with Gasteiger partial charge in [-0.3, -0.25) is 4.79 Å². The molecule has 2 atom stereocenters. The van der Waals surface area contributed by atoms with Gasteiger partial charge in [0.2, 0.25) is 5.91 Å². The van der Waals surface area contributed by atoms with Crippen molar-refractivity contribution in [2.45, 2.75) is 39.7 Å². The van der Waals surface area contributed by atoms with Crippen LogP contribution < -0.4 is 10.6 Å². The summed E-state index contributed by atoms with van der Waals surface area (Å²) in [5.74, 6) is -1.38. The second-order valence-corrected chi connectivity index (χ2v) is 3.90. The van der Waals surface area contributed by atoms with E-state index in [1.807, 2.05) is 13.8 Å². The Morgan fingerprint density at radius 3 is 2.38 bits per heavy atom. The number of carbonyl (C=O) groups is 2. The molecule has 0 aliphatic heterocycles. The summed E-state index contributed by atoms with van der Waals surface area (Å²) in [5, 5.41) is 14.5. The fraction of sp³-hybridized carbons (Fsp3) is 0.818. The maximum atomic E-state index is 11.6. The number of hydrogen-bond donors (Lipinski definition) is 3. The molecule has 0 spiro atoms. The lowest BCUT2D eigenvalue weighted by molar-refractivity contribution is -0.142. The number of carboxylic acid groups (broad SMARTS) is 1. The number of nitrogens with one attached hydrogen (secondary N) is 2. The summed E-state index contributed by atoms with van der Waals surface area (Å²) < 4.78 is 0. The van der Waals surface area contributed by atoms with Crippen molar-refractivity contribution in [1.29, 1.82) is 0 Å². The SMILES string of the molecule is CCCC(NC(=O)C(C)CNCC)C(=O)O. The Morgan fingerprint density at radius 1 is 1.31 bits per heavy atom. The number of carbonyl (C=O) groups excluding carboxylic acids is 1. The average molecular weight is 230 g/mol. The van der Waals surface area contributed by atoms with Gasteiger partial charge in [0.05, 0.1) is 0 Å². The van der Waals surface area contributed by atoms with Gasteiger partial charge < -0.3 is 15.7 Å². The van der Waals surface area contributed by atoms with Gasteiger partial charge in [-0.25, -0.2) is 4.79 Å². The van der Waals surface area contributed by atoms with Crippen molar-refractivity contribution >= 4 is 11.9 Å². The van der Waals surface area contributed by atoms with Gasteiger partial charge in [-0.2, -0.15) is 0 Å². The molecular weight excluding hydrogens is 208 g/mol. The summed E-state index contributed by atoms with van der Waals surface area (Å²) in [4.78, 5) is 22.5. The standard InChI is InChI=1S/C11H22N2O3/c1-4-6-9(11(15)16)13-10(14)8(3)7-12-5-2/h8-9,12H,4-7H2,1-3H3,(H,13,14)(H,15,16). The van der Waals surface area contributed by atoms with Gasteiger partial charge in [-0.05, 0) is 13.0 Å². The second-order valence-electron chi connectivity index (χ2n) is 3.90. The Morgan fingerprint density at radius 2 is 1.94 bits per heavy atom. The third-order valence-electron chi connectivity index (χ3n) is 2.34. The molecule has 0 saturated carbocycles. The van der Waals surface area contributed by atoms with Gasteiger partial charge in [0.25, 0.3) is 0 Å². The summed E-state index contributed by atoms with van der Waals surface area (Å²) in [6, 6.07) is -0.762. The van der Waals surface area contributed by atoms with Crippen LogP contribution in [-0.2, 0) is 9.59 Å². The molecule has 0 aromatic rings. The number of amides is 1. The van der Waals surface area contributed by atoms with Crippen molar-refractivity contribution in [3.05, 3.63) is 0 Å². The molecule has 3 N–H and O–H groups in total. The van der Waals surface area contributed by atoms with Gasteiger partial charge in [-0.15, -0.1) is 0 Å². The Bertz CT molecular complexity index is 231. The van der Waals surface area contributed by atoms with E-state index in [4.69, 9.17) is 5.11 Å². The molecule has 94 valence electrons. The lowest BCUT2D eigenvalue weighted by Crippen LogP contribution is -2.44. The lowest BCUT2D eigenvalue weighted by Gasteiger charge is -2.17. The molecule has 0 bridgehead atoms. The monoisotopic (exact) mass is 230 g/mol. The van der Waals surface area contributed by atoms with Gasteiger partial charge >= 0.3 is 5.97 Å². The molecule has 2 unspecified atom stereocenters. The van der Waals surface area contributed by atoms with E-state index < -0.39 is 12.0 Å². The van der Waals surface area contributed by atoms with Crippen LogP contribution in [0.4, 0.5) is 0 Å². The van der Waals surface area contributed by atoms with Crippen LogP contribution in [0.1, 0.15) is 33.6 Å². The highest BCUT2D eigenvalue weighted by Crippen LogP contribution is 2.00. The van der Waals surface area contributed by atoms with Crippen LogP contribution in [0.25, 0.3) is 0 Å². The van der Waals surface area contributed by atoms with Gasteiger partial charge in [0.1, 0.15) is 6.04 Å². The van der Waals surface area contributed by atoms with E-state index in [1.165, 1.54) is 0 Å².